The molecule has 2 rings (SSSR count). The Morgan fingerprint density at radius 3 is 2.52 bits per heavy atom. The molecule has 0 aromatic heterocycles. The average Bonchev–Trinajstić information content (AvgIpc) is 2.74. The molecule has 1 aliphatic heterocycles. The second kappa shape index (κ2) is 7.61. The van der Waals surface area contributed by atoms with Crippen molar-refractivity contribution in [3.8, 4) is 5.75 Å². The zero-order valence-corrected chi connectivity index (χ0v) is 13.4. The van der Waals surface area contributed by atoms with Crippen LogP contribution in [-0.4, -0.2) is 35.5 Å². The lowest BCUT2D eigenvalue weighted by molar-refractivity contribution is -0.133. The summed E-state index contributed by atoms with van der Waals surface area (Å²) in [6.07, 6.45) is 4.51. The van der Waals surface area contributed by atoms with E-state index < -0.39 is 0 Å². The molecule has 2 N–H and O–H groups in total. The summed E-state index contributed by atoms with van der Waals surface area (Å²) in [4.78, 5) is 14.3. The quantitative estimate of drug-likeness (QED) is 0.864. The van der Waals surface area contributed by atoms with Crippen LogP contribution in [0.4, 0.5) is 0 Å². The van der Waals surface area contributed by atoms with Crippen LogP contribution < -0.4 is 10.5 Å². The lowest BCUT2D eigenvalue weighted by atomic mass is 10.2. The summed E-state index contributed by atoms with van der Waals surface area (Å²) in [7, 11) is 0. The van der Waals surface area contributed by atoms with Crippen molar-refractivity contribution in [1.29, 1.82) is 0 Å². The van der Waals surface area contributed by atoms with Crippen LogP contribution in [0.5, 0.6) is 5.75 Å². The lowest BCUT2D eigenvalue weighted by Crippen LogP contribution is -2.35. The Labute approximate surface area is 135 Å². The molecule has 1 fully saturated rings. The first-order valence-corrected chi connectivity index (χ1v) is 7.86. The van der Waals surface area contributed by atoms with Crippen molar-refractivity contribution in [2.24, 2.45) is 5.73 Å². The molecule has 114 valence electrons. The fourth-order valence-corrected chi connectivity index (χ4v) is 2.68. The third kappa shape index (κ3) is 4.58. The summed E-state index contributed by atoms with van der Waals surface area (Å²) in [6.45, 7) is 1.64. The van der Waals surface area contributed by atoms with Crippen molar-refractivity contribution in [3.05, 3.63) is 28.8 Å². The highest BCUT2D eigenvalue weighted by Gasteiger charge is 2.16. The molecule has 21 heavy (non-hydrogen) atoms. The standard InChI is InChI=1S/C15H19ClN2O2S/c16-12-9-11(15(17)21)5-6-13(12)20-10-14(19)18-7-3-1-2-4-8-18/h5-6,9H,1-4,7-8,10H2,(H2,17,21). The summed E-state index contributed by atoms with van der Waals surface area (Å²) >= 11 is 11.0. The summed E-state index contributed by atoms with van der Waals surface area (Å²) in [5, 5.41) is 0.406. The second-order valence-electron chi connectivity index (χ2n) is 5.09. The van der Waals surface area contributed by atoms with Gasteiger partial charge in [-0.15, -0.1) is 0 Å². The fraction of sp³-hybridized carbons (Fsp3) is 0.467. The molecule has 1 aromatic carbocycles. The van der Waals surface area contributed by atoms with Crippen molar-refractivity contribution >= 4 is 34.7 Å². The predicted octanol–water partition coefficient (Wildman–Crippen LogP) is 2.76. The van der Waals surface area contributed by atoms with Gasteiger partial charge in [-0.3, -0.25) is 4.79 Å². The van der Waals surface area contributed by atoms with Crippen LogP contribution in [-0.2, 0) is 4.79 Å². The average molecular weight is 327 g/mol. The largest absolute Gasteiger partial charge is 0.482 e. The first kappa shape index (κ1) is 16.0. The van der Waals surface area contributed by atoms with Crippen LogP contribution in [0.1, 0.15) is 31.2 Å². The summed E-state index contributed by atoms with van der Waals surface area (Å²) in [6, 6.07) is 5.07. The summed E-state index contributed by atoms with van der Waals surface area (Å²) in [5.41, 5.74) is 6.22. The highest BCUT2D eigenvalue weighted by molar-refractivity contribution is 7.80. The van der Waals surface area contributed by atoms with E-state index >= 15 is 0 Å². The maximum absolute atomic E-state index is 12.1. The van der Waals surface area contributed by atoms with E-state index in [9.17, 15) is 4.79 Å². The van der Waals surface area contributed by atoms with Crippen molar-refractivity contribution in [2.45, 2.75) is 25.7 Å². The number of carbonyl (C=O) groups is 1. The van der Waals surface area contributed by atoms with E-state index in [1.54, 1.807) is 18.2 Å². The van der Waals surface area contributed by atoms with Crippen LogP contribution in [0.2, 0.25) is 5.02 Å². The third-order valence-corrected chi connectivity index (χ3v) is 4.06. The monoisotopic (exact) mass is 326 g/mol. The van der Waals surface area contributed by atoms with Gasteiger partial charge in [-0.1, -0.05) is 36.7 Å². The predicted molar refractivity (Wildman–Crippen MR) is 87.9 cm³/mol. The maximum atomic E-state index is 12.1. The van der Waals surface area contributed by atoms with Crippen LogP contribution >= 0.6 is 23.8 Å². The molecule has 0 bridgehead atoms. The fourth-order valence-electron chi connectivity index (χ4n) is 2.32. The number of hydrogen-bond acceptors (Lipinski definition) is 3. The zero-order valence-electron chi connectivity index (χ0n) is 11.8. The van der Waals surface area contributed by atoms with E-state index in [1.165, 1.54) is 12.8 Å². The third-order valence-electron chi connectivity index (χ3n) is 3.53. The van der Waals surface area contributed by atoms with Gasteiger partial charge in [-0.2, -0.15) is 0 Å². The molecule has 0 radical (unpaired) electrons. The molecule has 1 aromatic rings. The van der Waals surface area contributed by atoms with Crippen LogP contribution in [0.25, 0.3) is 0 Å². The van der Waals surface area contributed by atoms with Gasteiger partial charge >= 0.3 is 0 Å². The minimum Gasteiger partial charge on any atom is -0.482 e. The molecular weight excluding hydrogens is 308 g/mol. The number of benzene rings is 1. The molecule has 0 atom stereocenters. The minimum atomic E-state index is 0.00592. The Morgan fingerprint density at radius 1 is 1.29 bits per heavy atom. The molecule has 1 heterocycles. The number of nitrogens with two attached hydrogens (primary N) is 1. The van der Waals surface area contributed by atoms with Gasteiger partial charge < -0.3 is 15.4 Å². The Balaban J connectivity index is 1.93. The number of thiocarbonyl (C=S) groups is 1. The first-order chi connectivity index (χ1) is 10.1. The molecule has 0 unspecified atom stereocenters. The summed E-state index contributed by atoms with van der Waals surface area (Å²) in [5.74, 6) is 0.478. The molecule has 4 nitrogen and oxygen atoms in total. The molecule has 1 amide bonds. The highest BCUT2D eigenvalue weighted by atomic mass is 35.5. The minimum absolute atomic E-state index is 0.00592. The Hall–Kier alpha value is -1.33. The number of halogens is 1. The number of hydrogen-bond donors (Lipinski definition) is 1. The molecule has 0 aliphatic carbocycles. The molecular formula is C15H19ClN2O2S. The van der Waals surface area contributed by atoms with Gasteiger partial charge in [0.15, 0.2) is 6.61 Å². The van der Waals surface area contributed by atoms with Gasteiger partial charge in [0.25, 0.3) is 5.91 Å². The zero-order chi connectivity index (χ0) is 15.2. The maximum Gasteiger partial charge on any atom is 0.260 e. The van der Waals surface area contributed by atoms with E-state index in [-0.39, 0.29) is 17.5 Å². The number of carbonyl (C=O) groups excluding carboxylic acids is 1. The highest BCUT2D eigenvalue weighted by Crippen LogP contribution is 2.25. The van der Waals surface area contributed by atoms with Gasteiger partial charge in [0.1, 0.15) is 10.7 Å². The Kier molecular flexibility index (Phi) is 5.82. The van der Waals surface area contributed by atoms with Gasteiger partial charge in [0.05, 0.1) is 5.02 Å². The molecule has 6 heteroatoms. The second-order valence-corrected chi connectivity index (χ2v) is 5.94. The van der Waals surface area contributed by atoms with Crippen molar-refractivity contribution in [2.75, 3.05) is 19.7 Å². The van der Waals surface area contributed by atoms with Crippen molar-refractivity contribution in [1.82, 2.24) is 4.90 Å². The van der Waals surface area contributed by atoms with Crippen LogP contribution in [0, 0.1) is 0 Å². The molecule has 1 saturated heterocycles. The molecule has 1 aliphatic rings. The first-order valence-electron chi connectivity index (χ1n) is 7.08. The summed E-state index contributed by atoms with van der Waals surface area (Å²) < 4.78 is 5.52. The van der Waals surface area contributed by atoms with E-state index in [4.69, 9.17) is 34.3 Å². The van der Waals surface area contributed by atoms with Crippen molar-refractivity contribution in [3.63, 3.8) is 0 Å². The Morgan fingerprint density at radius 2 is 1.95 bits per heavy atom. The van der Waals surface area contributed by atoms with Gasteiger partial charge in [-0.25, -0.2) is 0 Å². The van der Waals surface area contributed by atoms with Crippen LogP contribution in [0.15, 0.2) is 18.2 Å². The number of amides is 1. The van der Waals surface area contributed by atoms with E-state index in [0.29, 0.717) is 16.3 Å². The number of nitrogens with zero attached hydrogens (tertiary/aromatic N) is 1. The van der Waals surface area contributed by atoms with Crippen LogP contribution in [0.3, 0.4) is 0 Å². The molecule has 0 saturated carbocycles. The normalized spacial score (nSPS) is 15.4. The van der Waals surface area contributed by atoms with Crippen molar-refractivity contribution < 1.29 is 9.53 Å². The van der Waals surface area contributed by atoms with E-state index in [1.807, 2.05) is 4.90 Å². The number of ether oxygens (including phenoxy) is 1. The van der Waals surface area contributed by atoms with E-state index in [2.05, 4.69) is 0 Å². The van der Waals surface area contributed by atoms with Gasteiger partial charge in [-0.05, 0) is 31.0 Å². The van der Waals surface area contributed by atoms with E-state index in [0.717, 1.165) is 25.9 Å². The lowest BCUT2D eigenvalue weighted by Gasteiger charge is -2.20. The van der Waals surface area contributed by atoms with Gasteiger partial charge in [0.2, 0.25) is 0 Å². The Bertz CT molecular complexity index is 528. The molecule has 0 spiro atoms. The van der Waals surface area contributed by atoms with Gasteiger partial charge in [0, 0.05) is 18.7 Å². The topological polar surface area (TPSA) is 55.6 Å². The number of likely N-dealkylation sites (tertiary alicyclic amines) is 1. The smallest absolute Gasteiger partial charge is 0.260 e. The SMILES string of the molecule is NC(=S)c1ccc(OCC(=O)N2CCCCCC2)c(Cl)c1. The number of rotatable bonds is 4.